The fraction of sp³-hybridized carbons (Fsp3) is 0.636. The van der Waals surface area contributed by atoms with E-state index < -0.39 is 4.92 Å². The van der Waals surface area contributed by atoms with Gasteiger partial charge in [0.2, 0.25) is 11.8 Å². The molecule has 0 unspecified atom stereocenters. The van der Waals surface area contributed by atoms with Gasteiger partial charge in [0, 0.05) is 13.2 Å². The SMILES string of the molecule is Cc1nc(NN)nc(NCC(C)(C)CCO)c1[N+](=O)[O-]. The molecule has 0 spiro atoms. The highest BCUT2D eigenvalue weighted by Gasteiger charge is 2.24. The van der Waals surface area contributed by atoms with E-state index in [1.807, 2.05) is 13.8 Å². The summed E-state index contributed by atoms with van der Waals surface area (Å²) in [6.45, 7) is 5.88. The minimum atomic E-state index is -0.531. The molecule has 0 aliphatic carbocycles. The molecule has 0 saturated heterocycles. The average molecular weight is 284 g/mol. The summed E-state index contributed by atoms with van der Waals surface area (Å²) in [7, 11) is 0. The average Bonchev–Trinajstić information content (AvgIpc) is 2.35. The molecule has 1 rings (SSSR count). The van der Waals surface area contributed by atoms with Crippen LogP contribution >= 0.6 is 0 Å². The van der Waals surface area contributed by atoms with Crippen LogP contribution in [-0.2, 0) is 0 Å². The van der Waals surface area contributed by atoms with E-state index in [2.05, 4.69) is 20.7 Å². The zero-order valence-electron chi connectivity index (χ0n) is 11.8. The molecule has 0 bridgehead atoms. The van der Waals surface area contributed by atoms with E-state index in [4.69, 9.17) is 10.9 Å². The number of hydrogen-bond acceptors (Lipinski definition) is 8. The van der Waals surface area contributed by atoms with E-state index in [-0.39, 0.29) is 35.2 Å². The summed E-state index contributed by atoms with van der Waals surface area (Å²) in [5, 5.41) is 23.0. The van der Waals surface area contributed by atoms with Crippen LogP contribution in [-0.4, -0.2) is 33.1 Å². The Morgan fingerprint density at radius 2 is 2.10 bits per heavy atom. The highest BCUT2D eigenvalue weighted by molar-refractivity contribution is 5.60. The molecule has 112 valence electrons. The number of aryl methyl sites for hydroxylation is 1. The third kappa shape index (κ3) is 4.00. The number of nitrogens with two attached hydrogens (primary N) is 1. The number of nitrogens with one attached hydrogen (secondary N) is 2. The Hall–Kier alpha value is -2.00. The maximum absolute atomic E-state index is 11.1. The minimum absolute atomic E-state index is 0.0508. The van der Waals surface area contributed by atoms with Crippen LogP contribution in [0.3, 0.4) is 0 Å². The van der Waals surface area contributed by atoms with Gasteiger partial charge in [-0.2, -0.15) is 4.98 Å². The van der Waals surface area contributed by atoms with Crippen LogP contribution in [0.1, 0.15) is 26.0 Å². The van der Waals surface area contributed by atoms with Crippen LogP contribution in [0, 0.1) is 22.5 Å². The molecule has 9 nitrogen and oxygen atoms in total. The van der Waals surface area contributed by atoms with Crippen molar-refractivity contribution < 1.29 is 10.0 Å². The molecule has 0 radical (unpaired) electrons. The molecule has 0 atom stereocenters. The summed E-state index contributed by atoms with van der Waals surface area (Å²) in [5.74, 6) is 5.46. The summed E-state index contributed by atoms with van der Waals surface area (Å²) < 4.78 is 0. The van der Waals surface area contributed by atoms with Crippen LogP contribution < -0.4 is 16.6 Å². The maximum Gasteiger partial charge on any atom is 0.332 e. The lowest BCUT2D eigenvalue weighted by Gasteiger charge is -2.24. The van der Waals surface area contributed by atoms with Crippen LogP contribution in [0.2, 0.25) is 0 Å². The van der Waals surface area contributed by atoms with E-state index >= 15 is 0 Å². The van der Waals surface area contributed by atoms with Crippen molar-refractivity contribution in [2.24, 2.45) is 11.3 Å². The van der Waals surface area contributed by atoms with Gasteiger partial charge in [0.05, 0.1) is 4.92 Å². The molecule has 5 N–H and O–H groups in total. The van der Waals surface area contributed by atoms with Gasteiger partial charge in [0.15, 0.2) is 0 Å². The molecular formula is C11H20N6O3. The number of hydrogen-bond donors (Lipinski definition) is 4. The smallest absolute Gasteiger partial charge is 0.332 e. The van der Waals surface area contributed by atoms with E-state index in [0.717, 1.165) is 0 Å². The Morgan fingerprint density at radius 1 is 1.45 bits per heavy atom. The van der Waals surface area contributed by atoms with Gasteiger partial charge in [-0.1, -0.05) is 13.8 Å². The number of rotatable bonds is 7. The molecule has 1 aromatic rings. The zero-order chi connectivity index (χ0) is 15.3. The number of aromatic nitrogens is 2. The Kier molecular flexibility index (Phi) is 5.17. The first kappa shape index (κ1) is 16.1. The summed E-state index contributed by atoms with van der Waals surface area (Å²) >= 11 is 0. The van der Waals surface area contributed by atoms with Gasteiger partial charge in [0.1, 0.15) is 5.69 Å². The van der Waals surface area contributed by atoms with Gasteiger partial charge in [-0.15, -0.1) is 0 Å². The van der Waals surface area contributed by atoms with Crippen molar-refractivity contribution in [2.45, 2.75) is 27.2 Å². The quantitative estimate of drug-likeness (QED) is 0.327. The van der Waals surface area contributed by atoms with Crippen molar-refractivity contribution in [1.82, 2.24) is 9.97 Å². The van der Waals surface area contributed by atoms with Crippen LogP contribution in [0.25, 0.3) is 0 Å². The lowest BCUT2D eigenvalue weighted by atomic mass is 9.90. The van der Waals surface area contributed by atoms with Crippen LogP contribution in [0.15, 0.2) is 0 Å². The summed E-state index contributed by atoms with van der Waals surface area (Å²) in [6, 6.07) is 0. The molecule has 9 heteroatoms. The molecule has 0 aromatic carbocycles. The molecule has 0 aliphatic rings. The molecule has 20 heavy (non-hydrogen) atoms. The standard InChI is InChI=1S/C11H20N6O3/c1-7-8(17(19)20)9(15-10(14-7)16-12)13-6-11(2,3)4-5-18/h18H,4-6,12H2,1-3H3,(H2,13,14,15,16). The van der Waals surface area contributed by atoms with E-state index in [1.54, 1.807) is 0 Å². The van der Waals surface area contributed by atoms with Gasteiger partial charge in [-0.25, -0.2) is 10.8 Å². The minimum Gasteiger partial charge on any atom is -0.396 e. The van der Waals surface area contributed by atoms with Gasteiger partial charge in [-0.3, -0.25) is 15.5 Å². The molecular weight excluding hydrogens is 264 g/mol. The lowest BCUT2D eigenvalue weighted by Crippen LogP contribution is -2.25. The fourth-order valence-corrected chi connectivity index (χ4v) is 1.69. The van der Waals surface area contributed by atoms with Crippen molar-refractivity contribution in [2.75, 3.05) is 23.9 Å². The lowest BCUT2D eigenvalue weighted by molar-refractivity contribution is -0.385. The second-order valence-corrected chi connectivity index (χ2v) is 5.22. The van der Waals surface area contributed by atoms with Crippen LogP contribution in [0.4, 0.5) is 17.5 Å². The predicted molar refractivity (Wildman–Crippen MR) is 75.2 cm³/mol. The molecule has 1 heterocycles. The zero-order valence-corrected chi connectivity index (χ0v) is 11.8. The summed E-state index contributed by atoms with van der Waals surface area (Å²) in [6.07, 6.45) is 0.569. The number of hydrazine groups is 1. The highest BCUT2D eigenvalue weighted by Crippen LogP contribution is 2.28. The van der Waals surface area contributed by atoms with Gasteiger partial charge >= 0.3 is 5.69 Å². The molecule has 0 aliphatic heterocycles. The molecule has 0 amide bonds. The van der Waals surface area contributed by atoms with Crippen molar-refractivity contribution in [3.63, 3.8) is 0 Å². The highest BCUT2D eigenvalue weighted by atomic mass is 16.6. The van der Waals surface area contributed by atoms with Crippen LogP contribution in [0.5, 0.6) is 0 Å². The number of aliphatic hydroxyl groups is 1. The second-order valence-electron chi connectivity index (χ2n) is 5.22. The summed E-state index contributed by atoms with van der Waals surface area (Å²) in [4.78, 5) is 18.4. The Balaban J connectivity index is 3.03. The normalized spacial score (nSPS) is 11.2. The van der Waals surface area contributed by atoms with Crippen molar-refractivity contribution in [1.29, 1.82) is 0 Å². The second kappa shape index (κ2) is 6.44. The van der Waals surface area contributed by atoms with E-state index in [0.29, 0.717) is 13.0 Å². The first-order chi connectivity index (χ1) is 9.30. The Morgan fingerprint density at radius 3 is 2.60 bits per heavy atom. The number of nitro groups is 1. The Labute approximate surface area is 116 Å². The van der Waals surface area contributed by atoms with Gasteiger partial charge in [0.25, 0.3) is 0 Å². The fourth-order valence-electron chi connectivity index (χ4n) is 1.69. The maximum atomic E-state index is 11.1. The van der Waals surface area contributed by atoms with E-state index in [9.17, 15) is 10.1 Å². The molecule has 0 saturated carbocycles. The predicted octanol–water partition coefficient (Wildman–Crippen LogP) is 0.799. The van der Waals surface area contributed by atoms with Gasteiger partial charge in [-0.05, 0) is 18.8 Å². The van der Waals surface area contributed by atoms with Crippen molar-refractivity contribution in [3.05, 3.63) is 15.8 Å². The third-order valence-electron chi connectivity index (χ3n) is 2.89. The molecule has 0 fully saturated rings. The number of nitrogen functional groups attached to an aromatic ring is 1. The first-order valence-electron chi connectivity index (χ1n) is 6.15. The number of anilines is 2. The number of nitrogens with zero attached hydrogens (tertiary/aromatic N) is 3. The monoisotopic (exact) mass is 284 g/mol. The Bertz CT molecular complexity index is 491. The van der Waals surface area contributed by atoms with Crippen molar-refractivity contribution >= 4 is 17.5 Å². The molecule has 1 aromatic heterocycles. The summed E-state index contributed by atoms with van der Waals surface area (Å²) in [5.41, 5.74) is 2.09. The topological polar surface area (TPSA) is 139 Å². The van der Waals surface area contributed by atoms with Gasteiger partial charge < -0.3 is 10.4 Å². The first-order valence-corrected chi connectivity index (χ1v) is 6.15. The third-order valence-corrected chi connectivity index (χ3v) is 2.89. The van der Waals surface area contributed by atoms with E-state index in [1.165, 1.54) is 6.92 Å². The largest absolute Gasteiger partial charge is 0.396 e. The van der Waals surface area contributed by atoms with Crippen molar-refractivity contribution in [3.8, 4) is 0 Å². The number of aliphatic hydroxyl groups excluding tert-OH is 1.